The highest BCUT2D eigenvalue weighted by atomic mass is 35.5. The van der Waals surface area contributed by atoms with Gasteiger partial charge in [-0.1, -0.05) is 44.5 Å². The van der Waals surface area contributed by atoms with Gasteiger partial charge in [-0.05, 0) is 17.0 Å². The highest BCUT2D eigenvalue weighted by Gasteiger charge is 2.17. The predicted octanol–water partition coefficient (Wildman–Crippen LogP) is 4.03. The molecule has 0 amide bonds. The van der Waals surface area contributed by atoms with Gasteiger partial charge in [-0.15, -0.1) is 0 Å². The molecule has 1 aromatic rings. The highest BCUT2D eigenvalue weighted by Crippen LogP contribution is 2.23. The van der Waals surface area contributed by atoms with E-state index in [4.69, 9.17) is 11.6 Å². The van der Waals surface area contributed by atoms with E-state index >= 15 is 0 Å². The van der Waals surface area contributed by atoms with E-state index in [1.807, 2.05) is 20.8 Å². The number of benzene rings is 1. The minimum absolute atomic E-state index is 0.0448. The summed E-state index contributed by atoms with van der Waals surface area (Å²) in [6.07, 6.45) is 0.674. The van der Waals surface area contributed by atoms with Crippen LogP contribution in [0.15, 0.2) is 18.2 Å². The topological polar surface area (TPSA) is 17.1 Å². The first-order chi connectivity index (χ1) is 7.29. The largest absolute Gasteiger partial charge is 0.299 e. The first kappa shape index (κ1) is 13.2. The van der Waals surface area contributed by atoms with Crippen molar-refractivity contribution in [3.05, 3.63) is 34.6 Å². The van der Waals surface area contributed by atoms with Gasteiger partial charge in [0.2, 0.25) is 0 Å². The molecule has 0 unspecified atom stereocenters. The second-order valence-corrected chi connectivity index (χ2v) is 5.54. The van der Waals surface area contributed by atoms with Gasteiger partial charge in [-0.2, -0.15) is 0 Å². The van der Waals surface area contributed by atoms with E-state index in [1.54, 1.807) is 12.1 Å². The highest BCUT2D eigenvalue weighted by molar-refractivity contribution is 6.31. The van der Waals surface area contributed by atoms with Gasteiger partial charge >= 0.3 is 0 Å². The van der Waals surface area contributed by atoms with E-state index < -0.39 is 5.82 Å². The monoisotopic (exact) mass is 242 g/mol. The van der Waals surface area contributed by atoms with Crippen LogP contribution in [0.4, 0.5) is 4.39 Å². The van der Waals surface area contributed by atoms with E-state index in [-0.39, 0.29) is 22.6 Å². The molecular weight excluding hydrogens is 227 g/mol. The van der Waals surface area contributed by atoms with Crippen molar-refractivity contribution in [2.75, 3.05) is 0 Å². The molecular formula is C13H16ClFO. The van der Waals surface area contributed by atoms with E-state index in [1.165, 1.54) is 6.07 Å². The number of Topliss-reactive ketones (excluding diaryl/α,β-unsaturated/α-hetero) is 1. The normalized spacial score (nSPS) is 11.6. The molecule has 0 aliphatic heterocycles. The van der Waals surface area contributed by atoms with Crippen LogP contribution in [0.25, 0.3) is 0 Å². The summed E-state index contributed by atoms with van der Waals surface area (Å²) in [4.78, 5) is 11.7. The Morgan fingerprint density at radius 2 is 2.00 bits per heavy atom. The summed E-state index contributed by atoms with van der Waals surface area (Å²) in [5.74, 6) is -0.386. The van der Waals surface area contributed by atoms with Crippen molar-refractivity contribution in [1.29, 1.82) is 0 Å². The van der Waals surface area contributed by atoms with Crippen molar-refractivity contribution in [3.63, 3.8) is 0 Å². The Kier molecular flexibility index (Phi) is 4.09. The summed E-state index contributed by atoms with van der Waals surface area (Å²) in [5.41, 5.74) is 0.521. The third-order valence-corrected chi connectivity index (χ3v) is 2.57. The minimum atomic E-state index is -0.470. The molecule has 0 atom stereocenters. The zero-order valence-electron chi connectivity index (χ0n) is 9.81. The van der Waals surface area contributed by atoms with E-state index in [2.05, 4.69) is 0 Å². The fraction of sp³-hybridized carbons (Fsp3) is 0.462. The molecule has 0 saturated carbocycles. The van der Waals surface area contributed by atoms with E-state index in [0.717, 1.165) is 0 Å². The lowest BCUT2D eigenvalue weighted by Crippen LogP contribution is -2.14. The minimum Gasteiger partial charge on any atom is -0.299 e. The molecule has 3 heteroatoms. The van der Waals surface area contributed by atoms with Gasteiger partial charge in [0.25, 0.3) is 0 Å². The molecule has 1 rings (SSSR count). The summed E-state index contributed by atoms with van der Waals surface area (Å²) in [5, 5.41) is 0.0600. The van der Waals surface area contributed by atoms with E-state index in [0.29, 0.717) is 12.0 Å². The van der Waals surface area contributed by atoms with Gasteiger partial charge in [-0.25, -0.2) is 4.39 Å². The van der Waals surface area contributed by atoms with Crippen LogP contribution in [-0.4, -0.2) is 5.78 Å². The lowest BCUT2D eigenvalue weighted by Gasteiger charge is -2.16. The van der Waals surface area contributed by atoms with Crippen molar-refractivity contribution >= 4 is 17.4 Å². The third kappa shape index (κ3) is 3.93. The van der Waals surface area contributed by atoms with Crippen molar-refractivity contribution in [1.82, 2.24) is 0 Å². The Hall–Kier alpha value is -0.890. The van der Waals surface area contributed by atoms with Crippen LogP contribution < -0.4 is 0 Å². The third-order valence-electron chi connectivity index (χ3n) is 2.15. The van der Waals surface area contributed by atoms with Crippen molar-refractivity contribution in [3.8, 4) is 0 Å². The Bertz CT molecular complexity index is 393. The molecule has 88 valence electrons. The smallest absolute Gasteiger partial charge is 0.142 e. The van der Waals surface area contributed by atoms with Gasteiger partial charge < -0.3 is 0 Å². The first-order valence-electron chi connectivity index (χ1n) is 5.24. The van der Waals surface area contributed by atoms with Gasteiger partial charge in [0, 0.05) is 12.8 Å². The van der Waals surface area contributed by atoms with Crippen molar-refractivity contribution < 1.29 is 9.18 Å². The second kappa shape index (κ2) is 4.96. The summed E-state index contributed by atoms with van der Waals surface area (Å²) in [6, 6.07) is 4.55. The van der Waals surface area contributed by atoms with Gasteiger partial charge in [0.15, 0.2) is 0 Å². The van der Waals surface area contributed by atoms with Crippen LogP contribution in [0.2, 0.25) is 5.02 Å². The maximum absolute atomic E-state index is 13.1. The Balaban J connectivity index is 2.74. The molecule has 1 aromatic carbocycles. The summed E-state index contributed by atoms with van der Waals surface area (Å²) in [7, 11) is 0. The molecule has 0 spiro atoms. The van der Waals surface area contributed by atoms with Crippen molar-refractivity contribution in [2.24, 2.45) is 5.41 Å². The summed E-state index contributed by atoms with van der Waals surface area (Å²) in [6.45, 7) is 5.99. The van der Waals surface area contributed by atoms with Crippen LogP contribution in [0.3, 0.4) is 0 Å². The average Bonchev–Trinajstić information content (AvgIpc) is 2.09. The number of carbonyl (C=O) groups excluding carboxylic acids is 1. The van der Waals surface area contributed by atoms with Gasteiger partial charge in [0.05, 0.1) is 5.02 Å². The molecule has 0 aliphatic rings. The number of halogens is 2. The molecule has 0 aliphatic carbocycles. The maximum atomic E-state index is 13.1. The fourth-order valence-corrected chi connectivity index (χ4v) is 1.74. The van der Waals surface area contributed by atoms with Crippen molar-refractivity contribution in [2.45, 2.75) is 33.6 Å². The molecule has 0 N–H and O–H groups in total. The molecule has 0 heterocycles. The van der Waals surface area contributed by atoms with Gasteiger partial charge in [0.1, 0.15) is 11.6 Å². The maximum Gasteiger partial charge on any atom is 0.142 e. The average molecular weight is 243 g/mol. The molecule has 0 saturated heterocycles. The van der Waals surface area contributed by atoms with Crippen LogP contribution in [-0.2, 0) is 11.2 Å². The standard InChI is InChI=1S/C13H16ClFO/c1-13(2,3)8-10(16)7-9-5-4-6-11(15)12(9)14/h4-6H,7-8H2,1-3H3. The lowest BCUT2D eigenvalue weighted by atomic mass is 9.88. The molecule has 0 fully saturated rings. The number of rotatable bonds is 3. The lowest BCUT2D eigenvalue weighted by molar-refractivity contribution is -0.120. The quantitative estimate of drug-likeness (QED) is 0.782. The second-order valence-electron chi connectivity index (χ2n) is 5.17. The Labute approximate surface area is 101 Å². The van der Waals surface area contributed by atoms with Crippen LogP contribution >= 0.6 is 11.6 Å². The molecule has 1 nitrogen and oxygen atoms in total. The molecule has 16 heavy (non-hydrogen) atoms. The number of hydrogen-bond donors (Lipinski definition) is 0. The summed E-state index contributed by atoms with van der Waals surface area (Å²) < 4.78 is 13.1. The molecule has 0 bridgehead atoms. The van der Waals surface area contributed by atoms with Gasteiger partial charge in [-0.3, -0.25) is 4.79 Å². The zero-order chi connectivity index (χ0) is 12.3. The first-order valence-corrected chi connectivity index (χ1v) is 5.62. The van der Waals surface area contributed by atoms with Crippen LogP contribution in [0.5, 0.6) is 0 Å². The molecule has 0 radical (unpaired) electrons. The zero-order valence-corrected chi connectivity index (χ0v) is 10.6. The molecule has 0 aromatic heterocycles. The fourth-order valence-electron chi connectivity index (χ4n) is 1.55. The van der Waals surface area contributed by atoms with Crippen LogP contribution in [0, 0.1) is 11.2 Å². The number of hydrogen-bond acceptors (Lipinski definition) is 1. The van der Waals surface area contributed by atoms with Crippen LogP contribution in [0.1, 0.15) is 32.8 Å². The predicted molar refractivity (Wildman–Crippen MR) is 64.2 cm³/mol. The Morgan fingerprint density at radius 3 is 2.56 bits per heavy atom. The summed E-state index contributed by atoms with van der Waals surface area (Å²) >= 11 is 5.78. The number of carbonyl (C=O) groups is 1. The number of ketones is 1. The SMILES string of the molecule is CC(C)(C)CC(=O)Cc1cccc(F)c1Cl. The van der Waals surface area contributed by atoms with E-state index in [9.17, 15) is 9.18 Å². The Morgan fingerprint density at radius 1 is 1.38 bits per heavy atom.